The van der Waals surface area contributed by atoms with Crippen molar-refractivity contribution in [3.8, 4) is 0 Å². The molecule has 1 aliphatic rings. The lowest BCUT2D eigenvalue weighted by atomic mass is 9.91. The summed E-state index contributed by atoms with van der Waals surface area (Å²) >= 11 is 4.82. The highest BCUT2D eigenvalue weighted by molar-refractivity contribution is 7.80. The lowest BCUT2D eigenvalue weighted by Gasteiger charge is -2.24. The van der Waals surface area contributed by atoms with Crippen molar-refractivity contribution in [3.63, 3.8) is 0 Å². The second-order valence-electron chi connectivity index (χ2n) is 3.46. The van der Waals surface area contributed by atoms with E-state index in [9.17, 15) is 0 Å². The summed E-state index contributed by atoms with van der Waals surface area (Å²) in [5, 5.41) is 3.23. The molecule has 4 heteroatoms. The summed E-state index contributed by atoms with van der Waals surface area (Å²) in [7, 11) is 1.65. The molecule has 14 heavy (non-hydrogen) atoms. The van der Waals surface area contributed by atoms with Gasteiger partial charge in [0.2, 0.25) is 0 Å². The van der Waals surface area contributed by atoms with Gasteiger partial charge in [-0.2, -0.15) is 0 Å². The maximum atomic E-state index is 5.45. The van der Waals surface area contributed by atoms with Crippen molar-refractivity contribution in [2.24, 2.45) is 11.7 Å². The van der Waals surface area contributed by atoms with Crippen molar-refractivity contribution < 1.29 is 4.74 Å². The van der Waals surface area contributed by atoms with Crippen molar-refractivity contribution in [2.75, 3.05) is 7.11 Å². The molecule has 3 nitrogen and oxygen atoms in total. The number of ether oxygens (including phenoxy) is 1. The van der Waals surface area contributed by atoms with Crippen LogP contribution in [0.3, 0.4) is 0 Å². The molecular formula is C10H16N2OS. The Morgan fingerprint density at radius 3 is 2.86 bits per heavy atom. The van der Waals surface area contributed by atoms with E-state index in [1.807, 2.05) is 0 Å². The number of thiocarbonyl (C=S) groups is 1. The summed E-state index contributed by atoms with van der Waals surface area (Å²) in [4.78, 5) is 0. The van der Waals surface area contributed by atoms with Gasteiger partial charge in [0.25, 0.3) is 0 Å². The molecular weight excluding hydrogens is 196 g/mol. The van der Waals surface area contributed by atoms with Gasteiger partial charge in [-0.05, 0) is 43.1 Å². The Kier molecular flexibility index (Phi) is 3.52. The highest BCUT2D eigenvalue weighted by Gasteiger charge is 2.19. The van der Waals surface area contributed by atoms with Crippen molar-refractivity contribution in [1.29, 1.82) is 0 Å². The average Bonchev–Trinajstić information content (AvgIpc) is 2.13. The fourth-order valence-electron chi connectivity index (χ4n) is 1.47. The quantitative estimate of drug-likeness (QED) is 0.683. The largest absolute Gasteiger partial charge is 0.495 e. The third kappa shape index (κ3) is 2.26. The van der Waals surface area contributed by atoms with Crippen LogP contribution in [-0.4, -0.2) is 12.2 Å². The van der Waals surface area contributed by atoms with Crippen LogP contribution in [0.2, 0.25) is 0 Å². The van der Waals surface area contributed by atoms with Crippen LogP contribution < -0.4 is 11.1 Å². The van der Waals surface area contributed by atoms with E-state index in [1.165, 1.54) is 5.57 Å². The number of nitrogens with one attached hydrogen (secondary N) is 1. The van der Waals surface area contributed by atoms with Crippen LogP contribution in [0.5, 0.6) is 0 Å². The first-order chi connectivity index (χ1) is 6.56. The van der Waals surface area contributed by atoms with Gasteiger partial charge in [-0.25, -0.2) is 0 Å². The molecule has 0 bridgehead atoms. The van der Waals surface area contributed by atoms with Crippen LogP contribution in [0, 0.1) is 5.92 Å². The van der Waals surface area contributed by atoms with Crippen molar-refractivity contribution in [3.05, 3.63) is 23.1 Å². The van der Waals surface area contributed by atoms with Crippen LogP contribution in [0.4, 0.5) is 0 Å². The highest BCUT2D eigenvalue weighted by Crippen LogP contribution is 2.27. The van der Waals surface area contributed by atoms with E-state index >= 15 is 0 Å². The van der Waals surface area contributed by atoms with E-state index in [1.54, 1.807) is 7.11 Å². The van der Waals surface area contributed by atoms with Gasteiger partial charge in [-0.1, -0.05) is 6.92 Å². The Hall–Kier alpha value is -1.03. The normalized spacial score (nSPS) is 21.6. The van der Waals surface area contributed by atoms with Gasteiger partial charge >= 0.3 is 0 Å². The molecule has 0 aromatic heterocycles. The topological polar surface area (TPSA) is 47.3 Å². The maximum absolute atomic E-state index is 5.45. The van der Waals surface area contributed by atoms with E-state index in [4.69, 9.17) is 22.7 Å². The predicted molar refractivity (Wildman–Crippen MR) is 61.5 cm³/mol. The first kappa shape index (κ1) is 11.0. The molecule has 0 saturated carbocycles. The molecule has 0 fully saturated rings. The fraction of sp³-hybridized carbons (Fsp3) is 0.500. The van der Waals surface area contributed by atoms with Crippen LogP contribution in [0.1, 0.15) is 20.3 Å². The monoisotopic (exact) mass is 212 g/mol. The van der Waals surface area contributed by atoms with E-state index in [-0.39, 0.29) is 5.11 Å². The van der Waals surface area contributed by atoms with E-state index in [2.05, 4.69) is 25.2 Å². The average molecular weight is 212 g/mol. The third-order valence-electron chi connectivity index (χ3n) is 2.50. The van der Waals surface area contributed by atoms with E-state index in [0.717, 1.165) is 17.9 Å². The number of rotatable bonds is 2. The third-order valence-corrected chi connectivity index (χ3v) is 2.61. The number of hydrogen-bond donors (Lipinski definition) is 2. The first-order valence-corrected chi connectivity index (χ1v) is 4.98. The molecule has 0 radical (unpaired) electrons. The highest BCUT2D eigenvalue weighted by atomic mass is 32.1. The summed E-state index contributed by atoms with van der Waals surface area (Å²) in [6.07, 6.45) is 3.05. The molecule has 1 unspecified atom stereocenters. The van der Waals surface area contributed by atoms with Gasteiger partial charge in [-0.3, -0.25) is 0 Å². The Morgan fingerprint density at radius 1 is 1.71 bits per heavy atom. The van der Waals surface area contributed by atoms with Gasteiger partial charge in [0.05, 0.1) is 12.8 Å². The molecule has 0 amide bonds. The first-order valence-electron chi connectivity index (χ1n) is 4.58. The Bertz CT molecular complexity index is 307. The second-order valence-corrected chi connectivity index (χ2v) is 3.90. The molecule has 0 aliphatic heterocycles. The zero-order chi connectivity index (χ0) is 10.7. The van der Waals surface area contributed by atoms with Crippen LogP contribution in [0.15, 0.2) is 23.1 Å². The van der Waals surface area contributed by atoms with Crippen LogP contribution in [0.25, 0.3) is 0 Å². The summed E-state index contributed by atoms with van der Waals surface area (Å²) in [6.45, 7) is 4.23. The Labute approximate surface area is 90.0 Å². The van der Waals surface area contributed by atoms with Crippen molar-refractivity contribution >= 4 is 17.3 Å². The summed E-state index contributed by atoms with van der Waals surface area (Å²) < 4.78 is 5.25. The molecule has 0 saturated heterocycles. The zero-order valence-corrected chi connectivity index (χ0v) is 9.57. The van der Waals surface area contributed by atoms with Crippen LogP contribution in [-0.2, 0) is 4.74 Å². The SMILES string of the molecule is COC1=CCC(C)C(C)=C1NC(N)=S. The molecule has 0 spiro atoms. The van der Waals surface area contributed by atoms with Crippen LogP contribution >= 0.6 is 12.2 Å². The molecule has 0 heterocycles. The molecule has 1 rings (SSSR count). The number of nitrogens with two attached hydrogens (primary N) is 1. The molecule has 0 aromatic carbocycles. The second kappa shape index (κ2) is 4.46. The lowest BCUT2D eigenvalue weighted by molar-refractivity contribution is 0.290. The minimum atomic E-state index is 0.274. The van der Waals surface area contributed by atoms with Crippen molar-refractivity contribution in [2.45, 2.75) is 20.3 Å². The van der Waals surface area contributed by atoms with Crippen molar-refractivity contribution in [1.82, 2.24) is 5.32 Å². The van der Waals surface area contributed by atoms with E-state index < -0.39 is 0 Å². The van der Waals surface area contributed by atoms with Gasteiger partial charge in [0, 0.05) is 0 Å². The summed E-state index contributed by atoms with van der Waals surface area (Å²) in [5.41, 5.74) is 7.60. The lowest BCUT2D eigenvalue weighted by Crippen LogP contribution is -2.32. The molecule has 3 N–H and O–H groups in total. The van der Waals surface area contributed by atoms with Gasteiger partial charge < -0.3 is 15.8 Å². The standard InChI is InChI=1S/C10H16N2OS/c1-6-4-5-8(13-3)9(7(6)2)12-10(11)14/h5-6H,4H2,1-3H3,(H3,11,12,14). The predicted octanol–water partition coefficient (Wildman–Crippen LogP) is 1.66. The molecule has 78 valence electrons. The smallest absolute Gasteiger partial charge is 0.168 e. The summed E-state index contributed by atoms with van der Waals surface area (Å²) in [5.74, 6) is 1.33. The molecule has 1 aliphatic carbocycles. The fourth-order valence-corrected chi connectivity index (χ4v) is 1.57. The maximum Gasteiger partial charge on any atom is 0.168 e. The minimum Gasteiger partial charge on any atom is -0.495 e. The molecule has 0 aromatic rings. The number of methoxy groups -OCH3 is 1. The minimum absolute atomic E-state index is 0.274. The Morgan fingerprint density at radius 2 is 2.36 bits per heavy atom. The Balaban J connectivity index is 2.97. The van der Waals surface area contributed by atoms with Gasteiger partial charge in [0.1, 0.15) is 5.76 Å². The zero-order valence-electron chi connectivity index (χ0n) is 8.76. The number of hydrogen-bond acceptors (Lipinski definition) is 2. The number of allylic oxidation sites excluding steroid dienone is 2. The van der Waals surface area contributed by atoms with Gasteiger partial charge in [0.15, 0.2) is 5.11 Å². The molecule has 1 atom stereocenters. The summed E-state index contributed by atoms with van der Waals surface area (Å²) in [6, 6.07) is 0. The van der Waals surface area contributed by atoms with E-state index in [0.29, 0.717) is 5.92 Å². The van der Waals surface area contributed by atoms with Gasteiger partial charge in [-0.15, -0.1) is 0 Å².